The highest BCUT2D eigenvalue weighted by atomic mass is 16.5. The topological polar surface area (TPSA) is 83.8 Å². The molecule has 0 aliphatic carbocycles. The first-order chi connectivity index (χ1) is 14.1. The van der Waals surface area contributed by atoms with Crippen LogP contribution in [0.3, 0.4) is 0 Å². The fourth-order valence-electron chi connectivity index (χ4n) is 3.72. The number of aliphatic hydroxyl groups excluding tert-OH is 1. The van der Waals surface area contributed by atoms with Crippen LogP contribution in [0.2, 0.25) is 0 Å². The van der Waals surface area contributed by atoms with Crippen molar-refractivity contribution in [3.63, 3.8) is 0 Å². The molecular formula is C24H46O5. The first-order valence-electron chi connectivity index (χ1n) is 12.1. The van der Waals surface area contributed by atoms with Gasteiger partial charge in [0.1, 0.15) is 6.61 Å². The molecule has 0 heterocycles. The molecule has 0 radical (unpaired) electrons. The Morgan fingerprint density at radius 2 is 1.17 bits per heavy atom. The van der Waals surface area contributed by atoms with Crippen LogP contribution in [-0.4, -0.2) is 35.4 Å². The first kappa shape index (κ1) is 27.9. The number of hydrogen-bond donors (Lipinski definition) is 2. The molecule has 29 heavy (non-hydrogen) atoms. The Kier molecular flexibility index (Phi) is 20.8. The second kappa shape index (κ2) is 21.6. The van der Waals surface area contributed by atoms with Crippen molar-refractivity contribution in [1.82, 2.24) is 0 Å². The summed E-state index contributed by atoms with van der Waals surface area (Å²) in [6.45, 7) is 2.22. The largest absolute Gasteiger partial charge is 0.481 e. The maximum absolute atomic E-state index is 12.3. The summed E-state index contributed by atoms with van der Waals surface area (Å²) in [5.74, 6) is -0.881. The molecule has 5 nitrogen and oxygen atoms in total. The van der Waals surface area contributed by atoms with Crippen LogP contribution in [0.15, 0.2) is 0 Å². The van der Waals surface area contributed by atoms with E-state index in [4.69, 9.17) is 14.9 Å². The van der Waals surface area contributed by atoms with E-state index in [-0.39, 0.29) is 31.5 Å². The van der Waals surface area contributed by atoms with Crippen molar-refractivity contribution in [2.75, 3.05) is 13.2 Å². The van der Waals surface area contributed by atoms with Gasteiger partial charge in [-0.2, -0.15) is 0 Å². The summed E-state index contributed by atoms with van der Waals surface area (Å²) in [5.41, 5.74) is 0. The van der Waals surface area contributed by atoms with E-state index in [1.807, 2.05) is 0 Å². The Morgan fingerprint density at radius 1 is 0.724 bits per heavy atom. The van der Waals surface area contributed by atoms with E-state index >= 15 is 0 Å². The number of hydrogen-bond acceptors (Lipinski definition) is 4. The summed E-state index contributed by atoms with van der Waals surface area (Å²) in [4.78, 5) is 22.7. The van der Waals surface area contributed by atoms with E-state index in [0.29, 0.717) is 0 Å². The zero-order chi connectivity index (χ0) is 21.6. The van der Waals surface area contributed by atoms with E-state index in [9.17, 15) is 9.59 Å². The number of carboxylic acid groups (broad SMARTS) is 1. The molecule has 0 aromatic carbocycles. The van der Waals surface area contributed by atoms with Crippen LogP contribution in [0.25, 0.3) is 0 Å². The van der Waals surface area contributed by atoms with Gasteiger partial charge < -0.3 is 14.9 Å². The van der Waals surface area contributed by atoms with Crippen molar-refractivity contribution in [3.05, 3.63) is 0 Å². The minimum atomic E-state index is -0.708. The Hall–Kier alpha value is -1.10. The highest BCUT2D eigenvalue weighted by Gasteiger charge is 2.19. The van der Waals surface area contributed by atoms with Gasteiger partial charge in [-0.1, -0.05) is 96.8 Å². The van der Waals surface area contributed by atoms with Gasteiger partial charge in [-0.3, -0.25) is 9.59 Å². The second-order valence-electron chi connectivity index (χ2n) is 8.26. The quantitative estimate of drug-likeness (QED) is 0.161. The van der Waals surface area contributed by atoms with Crippen molar-refractivity contribution in [3.8, 4) is 0 Å². The van der Waals surface area contributed by atoms with Gasteiger partial charge in [-0.15, -0.1) is 0 Å². The Labute approximate surface area is 178 Å². The molecule has 0 amide bonds. The van der Waals surface area contributed by atoms with Crippen molar-refractivity contribution >= 4 is 11.9 Å². The van der Waals surface area contributed by atoms with Crippen LogP contribution in [0.5, 0.6) is 0 Å². The van der Waals surface area contributed by atoms with Gasteiger partial charge in [-0.05, 0) is 19.3 Å². The van der Waals surface area contributed by atoms with Crippen LogP contribution in [0, 0.1) is 5.92 Å². The van der Waals surface area contributed by atoms with Crippen LogP contribution in [-0.2, 0) is 14.3 Å². The third-order valence-electron chi connectivity index (χ3n) is 5.52. The van der Waals surface area contributed by atoms with Crippen LogP contribution < -0.4 is 0 Å². The molecule has 0 spiro atoms. The van der Waals surface area contributed by atoms with Crippen molar-refractivity contribution in [2.45, 2.75) is 122 Å². The Balaban J connectivity index is 3.85. The molecule has 0 fully saturated rings. The average Bonchev–Trinajstić information content (AvgIpc) is 2.70. The molecule has 5 heteroatoms. The molecule has 1 unspecified atom stereocenters. The molecule has 0 saturated carbocycles. The smallest absolute Gasteiger partial charge is 0.309 e. The zero-order valence-electron chi connectivity index (χ0n) is 18.8. The zero-order valence-corrected chi connectivity index (χ0v) is 18.8. The van der Waals surface area contributed by atoms with Gasteiger partial charge in [0.25, 0.3) is 0 Å². The third kappa shape index (κ3) is 20.0. The number of ether oxygens (including phenoxy) is 1. The van der Waals surface area contributed by atoms with E-state index < -0.39 is 5.97 Å². The summed E-state index contributed by atoms with van der Waals surface area (Å²) in [5, 5.41) is 17.5. The van der Waals surface area contributed by atoms with Gasteiger partial charge in [0.15, 0.2) is 0 Å². The lowest BCUT2D eigenvalue weighted by Gasteiger charge is -2.16. The van der Waals surface area contributed by atoms with Crippen LogP contribution >= 0.6 is 0 Å². The average molecular weight is 415 g/mol. The SMILES string of the molecule is CCCCCCCCCCC(CCCCCCCCCC(=O)O)C(=O)OCCO. The van der Waals surface area contributed by atoms with Crippen molar-refractivity contribution < 1.29 is 24.5 Å². The summed E-state index contributed by atoms with van der Waals surface area (Å²) >= 11 is 0. The first-order valence-corrected chi connectivity index (χ1v) is 12.1. The van der Waals surface area contributed by atoms with E-state index in [2.05, 4.69) is 6.92 Å². The van der Waals surface area contributed by atoms with E-state index in [1.54, 1.807) is 0 Å². The lowest BCUT2D eigenvalue weighted by molar-refractivity contribution is -0.150. The van der Waals surface area contributed by atoms with Crippen molar-refractivity contribution in [1.29, 1.82) is 0 Å². The lowest BCUT2D eigenvalue weighted by Crippen LogP contribution is -2.19. The van der Waals surface area contributed by atoms with E-state index in [1.165, 1.54) is 44.9 Å². The number of rotatable bonds is 22. The van der Waals surface area contributed by atoms with Gasteiger partial charge in [-0.25, -0.2) is 0 Å². The lowest BCUT2D eigenvalue weighted by atomic mass is 9.94. The molecule has 0 rings (SSSR count). The fourth-order valence-corrected chi connectivity index (χ4v) is 3.72. The number of aliphatic hydroxyl groups is 1. The molecule has 172 valence electrons. The summed E-state index contributed by atoms with van der Waals surface area (Å²) in [6, 6.07) is 0. The fraction of sp³-hybridized carbons (Fsp3) is 0.917. The molecule has 0 aliphatic heterocycles. The van der Waals surface area contributed by atoms with Crippen molar-refractivity contribution in [2.24, 2.45) is 5.92 Å². The molecule has 0 aromatic rings. The highest BCUT2D eigenvalue weighted by Crippen LogP contribution is 2.21. The number of carboxylic acids is 1. The summed E-state index contributed by atoms with van der Waals surface area (Å²) < 4.78 is 5.18. The maximum Gasteiger partial charge on any atom is 0.309 e. The minimum Gasteiger partial charge on any atom is -0.481 e. The van der Waals surface area contributed by atoms with E-state index in [0.717, 1.165) is 64.2 Å². The molecular weight excluding hydrogens is 368 g/mol. The second-order valence-corrected chi connectivity index (χ2v) is 8.26. The number of esters is 1. The van der Waals surface area contributed by atoms with Crippen LogP contribution in [0.1, 0.15) is 122 Å². The van der Waals surface area contributed by atoms with Gasteiger partial charge in [0.05, 0.1) is 12.5 Å². The van der Waals surface area contributed by atoms with Gasteiger partial charge in [0, 0.05) is 6.42 Å². The summed E-state index contributed by atoms with van der Waals surface area (Å²) in [6.07, 6.45) is 19.4. The van der Waals surface area contributed by atoms with Crippen LogP contribution in [0.4, 0.5) is 0 Å². The molecule has 0 saturated heterocycles. The number of unbranched alkanes of at least 4 members (excludes halogenated alkanes) is 13. The number of carbonyl (C=O) groups excluding carboxylic acids is 1. The highest BCUT2D eigenvalue weighted by molar-refractivity contribution is 5.72. The maximum atomic E-state index is 12.3. The number of carbonyl (C=O) groups is 2. The Bertz CT molecular complexity index is 383. The summed E-state index contributed by atoms with van der Waals surface area (Å²) in [7, 11) is 0. The Morgan fingerprint density at radius 3 is 1.62 bits per heavy atom. The van der Waals surface area contributed by atoms with Gasteiger partial charge in [0.2, 0.25) is 0 Å². The molecule has 2 N–H and O–H groups in total. The standard InChI is InChI=1S/C24H46O5/c1-2-3-4-5-6-8-11-14-17-22(24(28)29-21-20-25)18-15-12-9-7-10-13-16-19-23(26)27/h22,25H,2-21H2,1H3,(H,26,27). The minimum absolute atomic E-state index is 0.0304. The molecule has 0 bridgehead atoms. The monoisotopic (exact) mass is 414 g/mol. The molecule has 0 aromatic heterocycles. The predicted molar refractivity (Wildman–Crippen MR) is 118 cm³/mol. The molecule has 0 aliphatic rings. The number of aliphatic carboxylic acids is 1. The van der Waals surface area contributed by atoms with Gasteiger partial charge >= 0.3 is 11.9 Å². The normalized spacial score (nSPS) is 12.1. The third-order valence-corrected chi connectivity index (χ3v) is 5.52. The molecule has 1 atom stereocenters. The predicted octanol–water partition coefficient (Wildman–Crippen LogP) is 6.26.